The van der Waals surface area contributed by atoms with Crippen molar-refractivity contribution in [1.82, 2.24) is 4.98 Å². The molecule has 0 saturated heterocycles. The topological polar surface area (TPSA) is 74.2 Å². The van der Waals surface area contributed by atoms with E-state index in [9.17, 15) is 0 Å². The maximum Gasteiger partial charge on any atom is 0.236 e. The van der Waals surface area contributed by atoms with Gasteiger partial charge in [-0.1, -0.05) is 0 Å². The number of hydrogen-bond donors (Lipinski definition) is 2. The summed E-state index contributed by atoms with van der Waals surface area (Å²) in [6, 6.07) is 1.60. The van der Waals surface area contributed by atoms with Crippen LogP contribution in [-0.4, -0.2) is 12.1 Å². The molecule has 0 aliphatic heterocycles. The molecule has 0 aliphatic carbocycles. The van der Waals surface area contributed by atoms with Gasteiger partial charge in [0, 0.05) is 0 Å². The Bertz CT molecular complexity index is 244. The van der Waals surface area contributed by atoms with Gasteiger partial charge >= 0.3 is 0 Å². The largest absolute Gasteiger partial charge is 0.480 e. The molecule has 1 aromatic heterocycles. The maximum absolute atomic E-state index is 5.46. The molecular weight excluding hydrogens is 201 g/mol. The van der Waals surface area contributed by atoms with Gasteiger partial charge in [0.05, 0.1) is 24.7 Å². The number of rotatable bonds is 1. The highest BCUT2D eigenvalue weighted by atomic mass is 35.5. The lowest BCUT2D eigenvalue weighted by Crippen LogP contribution is -1.96. The molecule has 0 spiro atoms. The molecule has 12 heavy (non-hydrogen) atoms. The van der Waals surface area contributed by atoms with Gasteiger partial charge in [0.1, 0.15) is 0 Å². The molecule has 6 heteroatoms. The van der Waals surface area contributed by atoms with Crippen LogP contribution < -0.4 is 16.2 Å². The summed E-state index contributed by atoms with van der Waals surface area (Å²) in [6.07, 6.45) is 1.50. The second-order valence-electron chi connectivity index (χ2n) is 1.87. The number of nitrogens with zero attached hydrogens (tertiary/aromatic N) is 1. The Morgan fingerprint density at radius 2 is 1.92 bits per heavy atom. The van der Waals surface area contributed by atoms with Crippen LogP contribution in [0.5, 0.6) is 5.88 Å². The molecule has 1 rings (SSSR count). The molecule has 0 aromatic carbocycles. The minimum atomic E-state index is 0. The van der Waals surface area contributed by atoms with E-state index in [0.29, 0.717) is 17.3 Å². The zero-order valence-corrected chi connectivity index (χ0v) is 8.11. The third-order valence-electron chi connectivity index (χ3n) is 1.09. The lowest BCUT2D eigenvalue weighted by Gasteiger charge is -2.01. The van der Waals surface area contributed by atoms with E-state index in [2.05, 4.69) is 4.98 Å². The Kier molecular flexibility index (Phi) is 6.55. The number of aromatic nitrogens is 1. The summed E-state index contributed by atoms with van der Waals surface area (Å²) in [4.78, 5) is 3.82. The first-order valence-corrected chi connectivity index (χ1v) is 2.79. The predicted octanol–water partition coefficient (Wildman–Crippen LogP) is 1.10. The number of methoxy groups -OCH3 is 1. The Morgan fingerprint density at radius 3 is 2.33 bits per heavy atom. The van der Waals surface area contributed by atoms with Gasteiger partial charge in [0.25, 0.3) is 0 Å². The van der Waals surface area contributed by atoms with Crippen LogP contribution in [0, 0.1) is 0 Å². The number of hydrogen-bond acceptors (Lipinski definition) is 4. The van der Waals surface area contributed by atoms with Gasteiger partial charge in [-0.2, -0.15) is 0 Å². The highest BCUT2D eigenvalue weighted by Gasteiger charge is 1.98. The van der Waals surface area contributed by atoms with Gasteiger partial charge < -0.3 is 16.2 Å². The Hall–Kier alpha value is -0.870. The molecule has 70 valence electrons. The first-order valence-electron chi connectivity index (χ1n) is 2.79. The molecule has 4 nitrogen and oxygen atoms in total. The summed E-state index contributed by atoms with van der Waals surface area (Å²) in [7, 11) is 1.51. The molecule has 1 heterocycles. The first kappa shape index (κ1) is 13.7. The second kappa shape index (κ2) is 5.74. The average Bonchev–Trinajstić information content (AvgIpc) is 1.88. The number of nitrogens with two attached hydrogens (primary N) is 2. The van der Waals surface area contributed by atoms with Crippen molar-refractivity contribution in [3.63, 3.8) is 0 Å². The van der Waals surface area contributed by atoms with Crippen LogP contribution in [0.25, 0.3) is 0 Å². The van der Waals surface area contributed by atoms with Crippen LogP contribution in [0.3, 0.4) is 0 Å². The Labute approximate surface area is 83.1 Å². The first-order chi connectivity index (χ1) is 4.74. The fourth-order valence-corrected chi connectivity index (χ4v) is 0.657. The average molecular weight is 212 g/mol. The Morgan fingerprint density at radius 1 is 1.33 bits per heavy atom. The zero-order chi connectivity index (χ0) is 7.56. The lowest BCUT2D eigenvalue weighted by atomic mass is 10.4. The van der Waals surface area contributed by atoms with Crippen LogP contribution >= 0.6 is 24.8 Å². The molecule has 0 amide bonds. The third kappa shape index (κ3) is 3.02. The van der Waals surface area contributed by atoms with Gasteiger partial charge in [0.2, 0.25) is 5.88 Å². The molecular formula is C6H11Cl2N3O. The summed E-state index contributed by atoms with van der Waals surface area (Å²) in [5.41, 5.74) is 11.8. The van der Waals surface area contributed by atoms with Crippen LogP contribution in [0.4, 0.5) is 11.4 Å². The van der Waals surface area contributed by atoms with E-state index >= 15 is 0 Å². The van der Waals surface area contributed by atoms with Crippen molar-refractivity contribution in [1.29, 1.82) is 0 Å². The smallest absolute Gasteiger partial charge is 0.236 e. The normalized spacial score (nSPS) is 7.75. The van der Waals surface area contributed by atoms with Crippen molar-refractivity contribution in [3.05, 3.63) is 12.3 Å². The summed E-state index contributed by atoms with van der Waals surface area (Å²) in [6.45, 7) is 0. The van der Waals surface area contributed by atoms with E-state index in [1.54, 1.807) is 6.07 Å². The van der Waals surface area contributed by atoms with E-state index in [1.807, 2.05) is 0 Å². The quantitative estimate of drug-likeness (QED) is 0.730. The maximum atomic E-state index is 5.46. The number of pyridine rings is 1. The lowest BCUT2D eigenvalue weighted by molar-refractivity contribution is 0.400. The van der Waals surface area contributed by atoms with E-state index in [1.165, 1.54) is 13.3 Å². The molecule has 0 unspecified atom stereocenters. The third-order valence-corrected chi connectivity index (χ3v) is 1.09. The van der Waals surface area contributed by atoms with Crippen molar-refractivity contribution < 1.29 is 4.74 Å². The molecule has 4 N–H and O–H groups in total. The van der Waals surface area contributed by atoms with Crippen LogP contribution in [0.15, 0.2) is 12.3 Å². The van der Waals surface area contributed by atoms with Gasteiger partial charge in [-0.3, -0.25) is 0 Å². The van der Waals surface area contributed by atoms with Crippen molar-refractivity contribution in [2.45, 2.75) is 0 Å². The molecule has 0 bridgehead atoms. The number of ether oxygens (including phenoxy) is 1. The van der Waals surface area contributed by atoms with Gasteiger partial charge in [-0.05, 0) is 6.07 Å². The summed E-state index contributed by atoms with van der Waals surface area (Å²) in [5, 5.41) is 0. The SMILES string of the molecule is COc1ncc(N)cc1N.Cl.Cl. The number of halogens is 2. The molecule has 0 saturated carbocycles. The van der Waals surface area contributed by atoms with Crippen LogP contribution in [0.2, 0.25) is 0 Å². The van der Waals surface area contributed by atoms with Crippen molar-refractivity contribution in [3.8, 4) is 5.88 Å². The molecule has 0 aliphatic rings. The monoisotopic (exact) mass is 211 g/mol. The van der Waals surface area contributed by atoms with Crippen LogP contribution in [-0.2, 0) is 0 Å². The highest BCUT2D eigenvalue weighted by molar-refractivity contribution is 5.85. The van der Waals surface area contributed by atoms with E-state index < -0.39 is 0 Å². The highest BCUT2D eigenvalue weighted by Crippen LogP contribution is 2.18. The van der Waals surface area contributed by atoms with Gasteiger partial charge in [-0.25, -0.2) is 4.98 Å². The van der Waals surface area contributed by atoms with E-state index in [4.69, 9.17) is 16.2 Å². The molecule has 0 fully saturated rings. The fraction of sp³-hybridized carbons (Fsp3) is 0.167. The standard InChI is InChI=1S/C6H9N3O.2ClH/c1-10-6-5(8)2-4(7)3-9-6;;/h2-3H,7-8H2,1H3;2*1H. The second-order valence-corrected chi connectivity index (χ2v) is 1.87. The summed E-state index contributed by atoms with van der Waals surface area (Å²) in [5.74, 6) is 0.411. The van der Waals surface area contributed by atoms with E-state index in [-0.39, 0.29) is 24.8 Å². The van der Waals surface area contributed by atoms with Gasteiger partial charge in [0.15, 0.2) is 0 Å². The summed E-state index contributed by atoms with van der Waals surface area (Å²) >= 11 is 0. The minimum absolute atomic E-state index is 0. The Balaban J connectivity index is 0. The zero-order valence-electron chi connectivity index (χ0n) is 6.48. The summed E-state index contributed by atoms with van der Waals surface area (Å²) < 4.78 is 4.81. The van der Waals surface area contributed by atoms with Crippen molar-refractivity contribution >= 4 is 36.2 Å². The minimum Gasteiger partial charge on any atom is -0.480 e. The predicted molar refractivity (Wildman–Crippen MR) is 54.1 cm³/mol. The fourth-order valence-electron chi connectivity index (χ4n) is 0.657. The van der Waals surface area contributed by atoms with Gasteiger partial charge in [-0.15, -0.1) is 24.8 Å². The molecule has 0 radical (unpaired) electrons. The molecule has 0 atom stereocenters. The number of nitrogen functional groups attached to an aromatic ring is 2. The van der Waals surface area contributed by atoms with Crippen LogP contribution in [0.1, 0.15) is 0 Å². The van der Waals surface area contributed by atoms with Crippen molar-refractivity contribution in [2.24, 2.45) is 0 Å². The number of anilines is 2. The van der Waals surface area contributed by atoms with Crippen molar-refractivity contribution in [2.75, 3.05) is 18.6 Å². The van der Waals surface area contributed by atoms with E-state index in [0.717, 1.165) is 0 Å². The molecule has 1 aromatic rings.